The van der Waals surface area contributed by atoms with Crippen LogP contribution in [0.5, 0.6) is 5.75 Å². The molecule has 0 amide bonds. The van der Waals surface area contributed by atoms with Crippen LogP contribution in [0, 0.1) is 0 Å². The van der Waals surface area contributed by atoms with Crippen LogP contribution in [-0.4, -0.2) is 18.7 Å². The summed E-state index contributed by atoms with van der Waals surface area (Å²) in [7, 11) is 0. The molecule has 8 heteroatoms. The van der Waals surface area contributed by atoms with E-state index in [1.54, 1.807) is 38.1 Å². The smallest absolute Gasteiger partial charge is 0.417 e. The van der Waals surface area contributed by atoms with Crippen LogP contribution < -0.4 is 4.74 Å². The van der Waals surface area contributed by atoms with Crippen molar-refractivity contribution in [1.29, 1.82) is 0 Å². The standard InChI is InChI=1S/C18H16ClF3O3S/c1-3-24-17(23)11(2)25-12-4-6-13(7-5-12)26-14-8-9-16(19)15(10-14)18(20,21)22/h4-11H,3H2,1-2H3. The van der Waals surface area contributed by atoms with Gasteiger partial charge in [0, 0.05) is 9.79 Å². The van der Waals surface area contributed by atoms with Crippen molar-refractivity contribution in [2.24, 2.45) is 0 Å². The lowest BCUT2D eigenvalue weighted by molar-refractivity contribution is -0.150. The van der Waals surface area contributed by atoms with Crippen molar-refractivity contribution < 1.29 is 27.4 Å². The van der Waals surface area contributed by atoms with E-state index in [1.165, 1.54) is 12.1 Å². The van der Waals surface area contributed by atoms with Crippen LogP contribution in [0.3, 0.4) is 0 Å². The molecule has 0 saturated carbocycles. The summed E-state index contributed by atoms with van der Waals surface area (Å²) in [5, 5.41) is -0.335. The van der Waals surface area contributed by atoms with E-state index in [0.29, 0.717) is 10.6 Å². The van der Waals surface area contributed by atoms with Crippen LogP contribution in [0.1, 0.15) is 19.4 Å². The molecular formula is C18H16ClF3O3S. The van der Waals surface area contributed by atoms with E-state index in [0.717, 1.165) is 22.7 Å². The zero-order valence-electron chi connectivity index (χ0n) is 14.0. The van der Waals surface area contributed by atoms with Gasteiger partial charge in [0.05, 0.1) is 17.2 Å². The lowest BCUT2D eigenvalue weighted by Crippen LogP contribution is -2.25. The van der Waals surface area contributed by atoms with E-state index in [4.69, 9.17) is 21.1 Å². The molecule has 2 rings (SSSR count). The van der Waals surface area contributed by atoms with Gasteiger partial charge in [0.25, 0.3) is 0 Å². The van der Waals surface area contributed by atoms with Gasteiger partial charge < -0.3 is 9.47 Å². The molecule has 0 aliphatic carbocycles. The highest BCUT2D eigenvalue weighted by Gasteiger charge is 2.33. The first kappa shape index (κ1) is 20.5. The molecule has 0 aliphatic rings. The fourth-order valence-electron chi connectivity index (χ4n) is 2.02. The Morgan fingerprint density at radius 3 is 2.35 bits per heavy atom. The molecule has 0 N–H and O–H groups in total. The van der Waals surface area contributed by atoms with Gasteiger partial charge in [-0.25, -0.2) is 4.79 Å². The Labute approximate surface area is 158 Å². The molecule has 0 heterocycles. The number of carbonyl (C=O) groups excluding carboxylic acids is 1. The summed E-state index contributed by atoms with van der Waals surface area (Å²) in [5.74, 6) is -0.00575. The first-order valence-corrected chi connectivity index (χ1v) is 8.88. The molecule has 1 unspecified atom stereocenters. The summed E-state index contributed by atoms with van der Waals surface area (Å²) in [5.41, 5.74) is -0.868. The summed E-state index contributed by atoms with van der Waals surface area (Å²) >= 11 is 6.78. The number of hydrogen-bond donors (Lipinski definition) is 0. The summed E-state index contributed by atoms with van der Waals surface area (Å²) in [6.07, 6.45) is -5.26. The Morgan fingerprint density at radius 1 is 1.15 bits per heavy atom. The van der Waals surface area contributed by atoms with Gasteiger partial charge in [-0.3, -0.25) is 0 Å². The van der Waals surface area contributed by atoms with Crippen molar-refractivity contribution in [3.8, 4) is 5.75 Å². The van der Waals surface area contributed by atoms with Gasteiger partial charge in [0.15, 0.2) is 6.10 Å². The average Bonchev–Trinajstić information content (AvgIpc) is 2.57. The fourth-order valence-corrected chi connectivity index (χ4v) is 3.10. The van der Waals surface area contributed by atoms with Gasteiger partial charge in [-0.2, -0.15) is 13.2 Å². The first-order chi connectivity index (χ1) is 12.2. The lowest BCUT2D eigenvalue weighted by atomic mass is 10.2. The van der Waals surface area contributed by atoms with Crippen LogP contribution in [0.15, 0.2) is 52.3 Å². The van der Waals surface area contributed by atoms with Gasteiger partial charge in [-0.15, -0.1) is 0 Å². The van der Waals surface area contributed by atoms with Crippen molar-refractivity contribution in [3.63, 3.8) is 0 Å². The minimum atomic E-state index is -4.51. The number of rotatable bonds is 6. The maximum Gasteiger partial charge on any atom is 0.417 e. The molecule has 0 bridgehead atoms. The van der Waals surface area contributed by atoms with Crippen molar-refractivity contribution in [2.45, 2.75) is 35.9 Å². The first-order valence-electron chi connectivity index (χ1n) is 7.68. The van der Waals surface area contributed by atoms with Crippen molar-refractivity contribution >= 4 is 29.3 Å². The van der Waals surface area contributed by atoms with Crippen LogP contribution >= 0.6 is 23.4 Å². The van der Waals surface area contributed by atoms with E-state index < -0.39 is 23.8 Å². The minimum Gasteiger partial charge on any atom is -0.479 e. The molecule has 0 spiro atoms. The summed E-state index contributed by atoms with van der Waals surface area (Å²) < 4.78 is 49.1. The molecule has 140 valence electrons. The minimum absolute atomic E-state index is 0.267. The fraction of sp³-hybridized carbons (Fsp3) is 0.278. The Morgan fingerprint density at radius 2 is 1.77 bits per heavy atom. The third kappa shape index (κ3) is 5.57. The Kier molecular flexibility index (Phi) is 6.83. The topological polar surface area (TPSA) is 35.5 Å². The summed E-state index contributed by atoms with van der Waals surface area (Å²) in [6, 6.07) is 10.4. The second-order valence-electron chi connectivity index (χ2n) is 5.23. The SMILES string of the molecule is CCOC(=O)C(C)Oc1ccc(Sc2ccc(Cl)c(C(F)(F)F)c2)cc1. The number of esters is 1. The monoisotopic (exact) mass is 404 g/mol. The molecule has 3 nitrogen and oxygen atoms in total. The van der Waals surface area contributed by atoms with Crippen molar-refractivity contribution in [3.05, 3.63) is 53.1 Å². The largest absolute Gasteiger partial charge is 0.479 e. The molecule has 0 saturated heterocycles. The van der Waals surface area contributed by atoms with E-state index in [-0.39, 0.29) is 11.6 Å². The zero-order chi connectivity index (χ0) is 19.3. The molecule has 1 atom stereocenters. The second-order valence-corrected chi connectivity index (χ2v) is 6.78. The Bertz CT molecular complexity index is 763. The molecule has 0 aromatic heterocycles. The number of carbonyl (C=O) groups is 1. The number of hydrogen-bond acceptors (Lipinski definition) is 4. The predicted octanol–water partition coefficient (Wildman–Crippen LogP) is 5.84. The van der Waals surface area contributed by atoms with Crippen molar-refractivity contribution in [1.82, 2.24) is 0 Å². The zero-order valence-corrected chi connectivity index (χ0v) is 15.5. The summed E-state index contributed by atoms with van der Waals surface area (Å²) in [4.78, 5) is 12.7. The van der Waals surface area contributed by atoms with Crippen LogP contribution in [0.4, 0.5) is 13.2 Å². The van der Waals surface area contributed by atoms with E-state index >= 15 is 0 Å². The average molecular weight is 405 g/mol. The normalized spacial score (nSPS) is 12.5. The molecular weight excluding hydrogens is 389 g/mol. The van der Waals surface area contributed by atoms with E-state index in [1.807, 2.05) is 0 Å². The van der Waals surface area contributed by atoms with E-state index in [9.17, 15) is 18.0 Å². The highest BCUT2D eigenvalue weighted by molar-refractivity contribution is 7.99. The van der Waals surface area contributed by atoms with Crippen LogP contribution in [0.2, 0.25) is 5.02 Å². The van der Waals surface area contributed by atoms with Crippen LogP contribution in [0.25, 0.3) is 0 Å². The molecule has 2 aromatic rings. The van der Waals surface area contributed by atoms with Gasteiger partial charge in [-0.1, -0.05) is 23.4 Å². The quantitative estimate of drug-likeness (QED) is 0.566. The highest BCUT2D eigenvalue weighted by atomic mass is 35.5. The number of alkyl halides is 3. The second kappa shape index (κ2) is 8.68. The molecule has 26 heavy (non-hydrogen) atoms. The van der Waals surface area contributed by atoms with Gasteiger partial charge in [0.2, 0.25) is 0 Å². The molecule has 0 radical (unpaired) electrons. The van der Waals surface area contributed by atoms with Gasteiger partial charge >= 0.3 is 12.1 Å². The third-order valence-corrected chi connectivity index (χ3v) is 4.56. The van der Waals surface area contributed by atoms with Crippen LogP contribution in [-0.2, 0) is 15.7 Å². The van der Waals surface area contributed by atoms with Gasteiger partial charge in [0.1, 0.15) is 5.75 Å². The van der Waals surface area contributed by atoms with Gasteiger partial charge in [-0.05, 0) is 56.3 Å². The predicted molar refractivity (Wildman–Crippen MR) is 93.7 cm³/mol. The Balaban J connectivity index is 2.07. The number of benzene rings is 2. The molecule has 0 fully saturated rings. The highest BCUT2D eigenvalue weighted by Crippen LogP contribution is 2.38. The third-order valence-electron chi connectivity index (χ3n) is 3.23. The lowest BCUT2D eigenvalue weighted by Gasteiger charge is -2.14. The van der Waals surface area contributed by atoms with E-state index in [2.05, 4.69) is 0 Å². The number of ether oxygens (including phenoxy) is 2. The molecule has 2 aromatic carbocycles. The Hall–Kier alpha value is -1.86. The van der Waals surface area contributed by atoms with Crippen molar-refractivity contribution in [2.75, 3.05) is 6.61 Å². The summed E-state index contributed by atoms with van der Waals surface area (Å²) in [6.45, 7) is 3.55. The maximum atomic E-state index is 12.9. The molecule has 0 aliphatic heterocycles. The number of halogens is 4. The maximum absolute atomic E-state index is 12.9.